The number of ether oxygens (including phenoxy) is 2. The number of β-amino-alcohol motifs (C(OH)–C–C–N with tert-alkyl or cyclic N) is 1. The summed E-state index contributed by atoms with van der Waals surface area (Å²) < 4.78 is 11.2. The molecule has 0 bridgehead atoms. The van der Waals surface area contributed by atoms with E-state index in [2.05, 4.69) is 17.0 Å². The molecule has 3 aliphatic rings. The average molecular weight is 389 g/mol. The Morgan fingerprint density at radius 2 is 1.89 bits per heavy atom. The van der Waals surface area contributed by atoms with Crippen LogP contribution in [-0.2, 0) is 20.7 Å². The molecule has 2 saturated heterocycles. The van der Waals surface area contributed by atoms with E-state index < -0.39 is 6.10 Å². The van der Waals surface area contributed by atoms with E-state index in [0.29, 0.717) is 13.2 Å². The molecule has 0 radical (unpaired) electrons. The molecule has 1 aromatic rings. The van der Waals surface area contributed by atoms with Gasteiger partial charge >= 0.3 is 0 Å². The van der Waals surface area contributed by atoms with Crippen molar-refractivity contribution in [2.75, 3.05) is 50.9 Å². The number of nitrogens with zero attached hydrogens (tertiary/aromatic N) is 2. The smallest absolute Gasteiger partial charge is 0.230 e. The number of aliphatic hydroxyl groups excluding tert-OH is 1. The summed E-state index contributed by atoms with van der Waals surface area (Å²) in [4.78, 5) is 17.2. The highest BCUT2D eigenvalue weighted by atomic mass is 16.5. The Kier molecular flexibility index (Phi) is 6.62. The average Bonchev–Trinajstić information content (AvgIpc) is 3.17. The topological polar surface area (TPSA) is 62.2 Å². The molecule has 0 saturated carbocycles. The van der Waals surface area contributed by atoms with Crippen LogP contribution in [-0.4, -0.2) is 74.1 Å². The van der Waals surface area contributed by atoms with Crippen LogP contribution in [0.2, 0.25) is 0 Å². The Morgan fingerprint density at radius 1 is 1.14 bits per heavy atom. The first-order valence-electron chi connectivity index (χ1n) is 10.7. The summed E-state index contributed by atoms with van der Waals surface area (Å²) in [5.74, 6) is 0.367. The first-order chi connectivity index (χ1) is 13.7. The summed E-state index contributed by atoms with van der Waals surface area (Å²) in [5.41, 5.74) is 2.37. The Morgan fingerprint density at radius 3 is 2.68 bits per heavy atom. The largest absolute Gasteiger partial charge is 0.389 e. The fourth-order valence-electron chi connectivity index (χ4n) is 4.59. The zero-order valence-corrected chi connectivity index (χ0v) is 16.6. The Labute approximate surface area is 167 Å². The van der Waals surface area contributed by atoms with Gasteiger partial charge in [0.2, 0.25) is 5.91 Å². The van der Waals surface area contributed by atoms with Crippen LogP contribution in [0.5, 0.6) is 0 Å². The van der Waals surface area contributed by atoms with Crippen molar-refractivity contribution < 1.29 is 19.4 Å². The van der Waals surface area contributed by atoms with E-state index in [1.165, 1.54) is 5.56 Å². The molecule has 0 aliphatic carbocycles. The second-order valence-corrected chi connectivity index (χ2v) is 8.24. The van der Waals surface area contributed by atoms with Crippen molar-refractivity contribution in [3.05, 3.63) is 29.8 Å². The molecule has 0 aromatic heterocycles. The minimum absolute atomic E-state index is 0.0954. The lowest BCUT2D eigenvalue weighted by atomic mass is 9.95. The monoisotopic (exact) mass is 388 g/mol. The normalized spacial score (nSPS) is 23.0. The number of para-hydroxylation sites is 1. The van der Waals surface area contributed by atoms with Crippen LogP contribution in [0.25, 0.3) is 0 Å². The quantitative estimate of drug-likeness (QED) is 0.806. The molecule has 3 aliphatic heterocycles. The molecule has 1 aromatic carbocycles. The van der Waals surface area contributed by atoms with E-state index >= 15 is 0 Å². The SMILES string of the molecule is O=C(C1CCN(CC(O)COC2CCOCC2)CC1)N1CCc2ccccc21. The number of hydrogen-bond acceptors (Lipinski definition) is 5. The summed E-state index contributed by atoms with van der Waals surface area (Å²) in [6, 6.07) is 8.23. The minimum Gasteiger partial charge on any atom is -0.389 e. The summed E-state index contributed by atoms with van der Waals surface area (Å²) in [6.07, 6.45) is 4.27. The van der Waals surface area contributed by atoms with Crippen molar-refractivity contribution in [3.63, 3.8) is 0 Å². The Bertz CT molecular complexity index is 654. The molecule has 1 unspecified atom stereocenters. The fraction of sp³-hybridized carbons (Fsp3) is 0.682. The van der Waals surface area contributed by atoms with Gasteiger partial charge in [-0.2, -0.15) is 0 Å². The molecule has 1 N–H and O–H groups in total. The molecule has 4 rings (SSSR count). The van der Waals surface area contributed by atoms with Crippen molar-refractivity contribution in [2.45, 2.75) is 44.3 Å². The first-order valence-corrected chi connectivity index (χ1v) is 10.7. The van der Waals surface area contributed by atoms with E-state index in [4.69, 9.17) is 9.47 Å². The van der Waals surface area contributed by atoms with Crippen LogP contribution in [0.4, 0.5) is 5.69 Å². The Hall–Kier alpha value is -1.47. The van der Waals surface area contributed by atoms with Gasteiger partial charge in [-0.15, -0.1) is 0 Å². The van der Waals surface area contributed by atoms with Gasteiger partial charge in [-0.25, -0.2) is 0 Å². The lowest BCUT2D eigenvalue weighted by Gasteiger charge is -2.34. The van der Waals surface area contributed by atoms with Gasteiger partial charge in [0.1, 0.15) is 0 Å². The van der Waals surface area contributed by atoms with E-state index in [0.717, 1.165) is 70.6 Å². The van der Waals surface area contributed by atoms with Gasteiger partial charge in [-0.3, -0.25) is 4.79 Å². The molecule has 1 atom stereocenters. The number of benzene rings is 1. The summed E-state index contributed by atoms with van der Waals surface area (Å²) in [5, 5.41) is 10.3. The van der Waals surface area contributed by atoms with Crippen LogP contribution in [0.15, 0.2) is 24.3 Å². The van der Waals surface area contributed by atoms with Crippen LogP contribution in [0.1, 0.15) is 31.2 Å². The number of rotatable bonds is 6. The molecule has 2 fully saturated rings. The predicted molar refractivity (Wildman–Crippen MR) is 107 cm³/mol. The maximum absolute atomic E-state index is 13.0. The standard InChI is InChI=1S/C22H32N2O4/c25-19(16-28-20-8-13-27-14-9-20)15-23-10-5-18(6-11-23)22(26)24-12-7-17-3-1-2-4-21(17)24/h1-4,18-20,25H,5-16H2. The highest BCUT2D eigenvalue weighted by Gasteiger charge is 2.32. The van der Waals surface area contributed by atoms with Crippen LogP contribution >= 0.6 is 0 Å². The zero-order valence-electron chi connectivity index (χ0n) is 16.6. The highest BCUT2D eigenvalue weighted by Crippen LogP contribution is 2.31. The van der Waals surface area contributed by atoms with Gasteiger partial charge < -0.3 is 24.4 Å². The number of piperidine rings is 1. The van der Waals surface area contributed by atoms with E-state index in [9.17, 15) is 9.90 Å². The molecular formula is C22H32N2O4. The zero-order chi connectivity index (χ0) is 19.3. The van der Waals surface area contributed by atoms with Gasteiger partial charge in [0.05, 0.1) is 18.8 Å². The van der Waals surface area contributed by atoms with Crippen molar-refractivity contribution in [3.8, 4) is 0 Å². The van der Waals surface area contributed by atoms with Crippen molar-refractivity contribution in [1.29, 1.82) is 0 Å². The third kappa shape index (κ3) is 4.74. The fourth-order valence-corrected chi connectivity index (χ4v) is 4.59. The summed E-state index contributed by atoms with van der Waals surface area (Å²) in [6.45, 7) is 5.04. The van der Waals surface area contributed by atoms with Crippen LogP contribution in [0, 0.1) is 5.92 Å². The number of carbonyl (C=O) groups excluding carboxylic acids is 1. The maximum atomic E-state index is 13.0. The number of anilines is 1. The number of carbonyl (C=O) groups is 1. The van der Waals surface area contributed by atoms with Gasteiger partial charge in [0.15, 0.2) is 0 Å². The van der Waals surface area contributed by atoms with Crippen LogP contribution < -0.4 is 4.90 Å². The third-order valence-corrected chi connectivity index (χ3v) is 6.25. The van der Waals surface area contributed by atoms with Crippen molar-refractivity contribution in [1.82, 2.24) is 4.90 Å². The molecule has 154 valence electrons. The minimum atomic E-state index is -0.472. The second-order valence-electron chi connectivity index (χ2n) is 8.24. The van der Waals surface area contributed by atoms with E-state index in [-0.39, 0.29) is 17.9 Å². The lowest BCUT2D eigenvalue weighted by molar-refractivity contribution is -0.123. The predicted octanol–water partition coefficient (Wildman–Crippen LogP) is 1.84. The number of fused-ring (bicyclic) bond motifs is 1. The van der Waals surface area contributed by atoms with Gasteiger partial charge in [-0.1, -0.05) is 18.2 Å². The number of likely N-dealkylation sites (tertiary alicyclic amines) is 1. The molecule has 3 heterocycles. The number of aliphatic hydroxyl groups is 1. The third-order valence-electron chi connectivity index (χ3n) is 6.25. The van der Waals surface area contributed by atoms with Crippen molar-refractivity contribution >= 4 is 11.6 Å². The summed E-state index contributed by atoms with van der Waals surface area (Å²) >= 11 is 0. The second kappa shape index (κ2) is 9.35. The lowest BCUT2D eigenvalue weighted by Crippen LogP contribution is -2.45. The van der Waals surface area contributed by atoms with Crippen LogP contribution in [0.3, 0.4) is 0 Å². The van der Waals surface area contributed by atoms with Gasteiger partial charge in [0.25, 0.3) is 0 Å². The molecular weight excluding hydrogens is 356 g/mol. The number of amides is 1. The van der Waals surface area contributed by atoms with E-state index in [1.54, 1.807) is 0 Å². The molecule has 6 nitrogen and oxygen atoms in total. The summed E-state index contributed by atoms with van der Waals surface area (Å²) in [7, 11) is 0. The van der Waals surface area contributed by atoms with Gasteiger partial charge in [-0.05, 0) is 56.8 Å². The maximum Gasteiger partial charge on any atom is 0.230 e. The van der Waals surface area contributed by atoms with Crippen molar-refractivity contribution in [2.24, 2.45) is 5.92 Å². The molecule has 0 spiro atoms. The Balaban J connectivity index is 1.20. The molecule has 28 heavy (non-hydrogen) atoms. The molecule has 1 amide bonds. The first kappa shape index (κ1) is 19.8. The van der Waals surface area contributed by atoms with E-state index in [1.807, 2.05) is 17.0 Å². The molecule has 6 heteroatoms. The van der Waals surface area contributed by atoms with Gasteiger partial charge in [0, 0.05) is 37.9 Å². The number of hydrogen-bond donors (Lipinski definition) is 1. The highest BCUT2D eigenvalue weighted by molar-refractivity contribution is 5.97.